The molecular formula is C21H19Cl2N5O. The van der Waals surface area contributed by atoms with Gasteiger partial charge in [0.15, 0.2) is 0 Å². The highest BCUT2D eigenvalue weighted by atomic mass is 35.5. The highest BCUT2D eigenvalue weighted by Crippen LogP contribution is 2.31. The summed E-state index contributed by atoms with van der Waals surface area (Å²) < 4.78 is 1.41. The number of aryl methyl sites for hydroxylation is 2. The molecule has 0 radical (unpaired) electrons. The molecule has 0 N–H and O–H groups in total. The predicted octanol–water partition coefficient (Wildman–Crippen LogP) is 3.75. The highest BCUT2D eigenvalue weighted by Gasteiger charge is 2.24. The summed E-state index contributed by atoms with van der Waals surface area (Å²) in [6.45, 7) is 2.23. The molecule has 0 spiro atoms. The fourth-order valence-electron chi connectivity index (χ4n) is 4.01. The van der Waals surface area contributed by atoms with Crippen molar-refractivity contribution in [1.82, 2.24) is 19.7 Å². The van der Waals surface area contributed by atoms with Gasteiger partial charge in [-0.2, -0.15) is 5.10 Å². The van der Waals surface area contributed by atoms with Gasteiger partial charge in [-0.05, 0) is 43.4 Å². The number of benzene rings is 1. The third-order valence-corrected chi connectivity index (χ3v) is 6.28. The van der Waals surface area contributed by atoms with Crippen LogP contribution in [-0.4, -0.2) is 32.8 Å². The van der Waals surface area contributed by atoms with Crippen LogP contribution in [-0.2, 0) is 19.4 Å². The van der Waals surface area contributed by atoms with Crippen LogP contribution in [0.2, 0.25) is 10.0 Å². The monoisotopic (exact) mass is 427 g/mol. The highest BCUT2D eigenvalue weighted by molar-refractivity contribution is 6.35. The first-order valence-electron chi connectivity index (χ1n) is 9.75. The second-order valence-electron chi connectivity index (χ2n) is 7.44. The third kappa shape index (κ3) is 3.40. The number of hydrogen-bond donors (Lipinski definition) is 0. The molecule has 1 aliphatic heterocycles. The minimum Gasteiger partial charge on any atom is -0.341 e. The van der Waals surface area contributed by atoms with Crippen molar-refractivity contribution in [2.24, 2.45) is 0 Å². The zero-order chi connectivity index (χ0) is 20.0. The molecule has 0 amide bonds. The summed E-state index contributed by atoms with van der Waals surface area (Å²) in [5.41, 5.74) is 4.10. The fourth-order valence-corrected chi connectivity index (χ4v) is 4.52. The van der Waals surface area contributed by atoms with E-state index in [0.717, 1.165) is 54.4 Å². The number of rotatable bonds is 3. The number of fused-ring (bicyclic) bond motifs is 3. The quantitative estimate of drug-likeness (QED) is 0.636. The molecule has 2 aliphatic rings. The van der Waals surface area contributed by atoms with Crippen LogP contribution in [0.3, 0.4) is 0 Å². The lowest BCUT2D eigenvalue weighted by Gasteiger charge is -2.21. The lowest BCUT2D eigenvalue weighted by Crippen LogP contribution is -2.27. The minimum absolute atomic E-state index is 0.169. The molecule has 29 heavy (non-hydrogen) atoms. The summed E-state index contributed by atoms with van der Waals surface area (Å²) >= 11 is 12.6. The Bertz CT molecular complexity index is 1130. The second-order valence-corrected chi connectivity index (χ2v) is 8.25. The molecule has 1 aromatic carbocycles. The maximum atomic E-state index is 12.6. The van der Waals surface area contributed by atoms with Gasteiger partial charge < -0.3 is 4.90 Å². The Hall–Kier alpha value is -2.44. The average molecular weight is 428 g/mol. The molecule has 8 heteroatoms. The Balaban J connectivity index is 1.55. The summed E-state index contributed by atoms with van der Waals surface area (Å²) in [6, 6.07) is 6.96. The Kier molecular flexibility index (Phi) is 4.76. The normalized spacial score (nSPS) is 15.3. The van der Waals surface area contributed by atoms with Crippen LogP contribution in [0.1, 0.15) is 29.7 Å². The van der Waals surface area contributed by atoms with Crippen LogP contribution < -0.4 is 10.5 Å². The summed E-state index contributed by atoms with van der Waals surface area (Å²) in [6.07, 6.45) is 5.74. The summed E-state index contributed by atoms with van der Waals surface area (Å²) in [7, 11) is 0. The molecule has 3 aromatic rings. The van der Waals surface area contributed by atoms with E-state index in [1.165, 1.54) is 17.5 Å². The maximum absolute atomic E-state index is 12.6. The van der Waals surface area contributed by atoms with E-state index in [9.17, 15) is 4.79 Å². The molecule has 3 heterocycles. The molecule has 0 atom stereocenters. The van der Waals surface area contributed by atoms with Gasteiger partial charge in [0.1, 0.15) is 0 Å². The van der Waals surface area contributed by atoms with Gasteiger partial charge >= 0.3 is 0 Å². The van der Waals surface area contributed by atoms with Crippen molar-refractivity contribution in [3.8, 4) is 11.3 Å². The van der Waals surface area contributed by atoms with Gasteiger partial charge in [0, 0.05) is 46.5 Å². The van der Waals surface area contributed by atoms with E-state index >= 15 is 0 Å². The topological polar surface area (TPSA) is 63.9 Å². The Labute approximate surface area is 178 Å². The van der Waals surface area contributed by atoms with Crippen LogP contribution in [0.5, 0.6) is 0 Å². The second kappa shape index (κ2) is 7.43. The van der Waals surface area contributed by atoms with Gasteiger partial charge in [-0.15, -0.1) is 0 Å². The number of halogens is 2. The van der Waals surface area contributed by atoms with Crippen LogP contribution in [0, 0.1) is 0 Å². The van der Waals surface area contributed by atoms with Gasteiger partial charge in [0.25, 0.3) is 5.56 Å². The zero-order valence-corrected chi connectivity index (χ0v) is 17.2. The number of anilines is 1. The largest absolute Gasteiger partial charge is 0.341 e. The van der Waals surface area contributed by atoms with Crippen molar-refractivity contribution in [1.29, 1.82) is 0 Å². The number of hydrogen-bond acceptors (Lipinski definition) is 5. The first-order chi connectivity index (χ1) is 14.1. The molecular weight excluding hydrogens is 409 g/mol. The Morgan fingerprint density at radius 1 is 1.07 bits per heavy atom. The minimum atomic E-state index is -0.169. The van der Waals surface area contributed by atoms with Crippen LogP contribution in [0.15, 0.2) is 35.3 Å². The average Bonchev–Trinajstić information content (AvgIpc) is 3.25. The van der Waals surface area contributed by atoms with Crippen molar-refractivity contribution >= 4 is 29.2 Å². The molecule has 1 fully saturated rings. The zero-order valence-electron chi connectivity index (χ0n) is 15.7. The van der Waals surface area contributed by atoms with Crippen molar-refractivity contribution in [3.05, 3.63) is 67.7 Å². The molecule has 148 valence electrons. The van der Waals surface area contributed by atoms with Gasteiger partial charge in [0.2, 0.25) is 5.95 Å². The van der Waals surface area contributed by atoms with E-state index in [1.807, 2.05) is 6.20 Å². The van der Waals surface area contributed by atoms with E-state index in [0.29, 0.717) is 15.6 Å². The molecule has 5 rings (SSSR count). The first kappa shape index (κ1) is 18.6. The van der Waals surface area contributed by atoms with Crippen LogP contribution >= 0.6 is 23.2 Å². The van der Waals surface area contributed by atoms with Crippen molar-refractivity contribution in [3.63, 3.8) is 0 Å². The fraction of sp³-hybridized carbons (Fsp3) is 0.333. The number of nitrogens with zero attached hydrogens (tertiary/aromatic N) is 5. The van der Waals surface area contributed by atoms with Crippen LogP contribution in [0.4, 0.5) is 5.95 Å². The Morgan fingerprint density at radius 3 is 2.59 bits per heavy atom. The van der Waals surface area contributed by atoms with Gasteiger partial charge in [-0.25, -0.2) is 14.6 Å². The lowest BCUT2D eigenvalue weighted by molar-refractivity contribution is 0.633. The predicted molar refractivity (Wildman–Crippen MR) is 114 cm³/mol. The first-order valence-corrected chi connectivity index (χ1v) is 10.5. The number of aromatic nitrogens is 4. The molecule has 0 bridgehead atoms. The third-order valence-electron chi connectivity index (χ3n) is 5.58. The van der Waals surface area contributed by atoms with Crippen molar-refractivity contribution in [2.75, 3.05) is 18.0 Å². The molecule has 2 aromatic heterocycles. The molecule has 1 saturated heterocycles. The standard InChI is InChI=1S/C21H19Cl2N5O/c22-16-4-3-5-17(23)15(16)12-28-19(29)10-13-6-7-18-14(20(13)26-28)11-24-21(25-18)27-8-1-2-9-27/h3-5,10-11H,1-2,6-9,12H2. The van der Waals surface area contributed by atoms with E-state index in [4.69, 9.17) is 28.2 Å². The van der Waals surface area contributed by atoms with Crippen molar-refractivity contribution in [2.45, 2.75) is 32.2 Å². The van der Waals surface area contributed by atoms with Gasteiger partial charge in [-0.3, -0.25) is 4.79 Å². The molecule has 1 aliphatic carbocycles. The van der Waals surface area contributed by atoms with Crippen LogP contribution in [0.25, 0.3) is 11.3 Å². The van der Waals surface area contributed by atoms with Gasteiger partial charge in [0.05, 0.1) is 17.9 Å². The van der Waals surface area contributed by atoms with E-state index < -0.39 is 0 Å². The maximum Gasteiger partial charge on any atom is 0.267 e. The SMILES string of the molecule is O=c1cc2c(nn1Cc1c(Cl)cccc1Cl)-c1cnc(N3CCCC3)nc1CC2. The van der Waals surface area contributed by atoms with Crippen molar-refractivity contribution < 1.29 is 0 Å². The molecule has 0 saturated carbocycles. The van der Waals surface area contributed by atoms with E-state index in [-0.39, 0.29) is 12.1 Å². The lowest BCUT2D eigenvalue weighted by atomic mass is 9.94. The molecule has 0 unspecified atom stereocenters. The van der Waals surface area contributed by atoms with E-state index in [2.05, 4.69) is 15.0 Å². The van der Waals surface area contributed by atoms with E-state index in [1.54, 1.807) is 24.3 Å². The summed E-state index contributed by atoms with van der Waals surface area (Å²) in [5, 5.41) is 5.69. The Morgan fingerprint density at radius 2 is 1.83 bits per heavy atom. The summed E-state index contributed by atoms with van der Waals surface area (Å²) in [5.74, 6) is 0.792. The smallest absolute Gasteiger partial charge is 0.267 e. The summed E-state index contributed by atoms with van der Waals surface area (Å²) in [4.78, 5) is 24.2. The molecule has 6 nitrogen and oxygen atoms in total. The van der Waals surface area contributed by atoms with Gasteiger partial charge in [-0.1, -0.05) is 29.3 Å².